The van der Waals surface area contributed by atoms with Crippen LogP contribution in [0.25, 0.3) is 0 Å². The van der Waals surface area contributed by atoms with Gasteiger partial charge in [0.2, 0.25) is 5.91 Å². The van der Waals surface area contributed by atoms with E-state index < -0.39 is 10.0 Å². The summed E-state index contributed by atoms with van der Waals surface area (Å²) in [5.41, 5.74) is 2.22. The lowest BCUT2D eigenvalue weighted by Gasteiger charge is -2.33. The smallest absolute Gasteiger partial charge is 0.264 e. The predicted octanol–water partition coefficient (Wildman–Crippen LogP) is 3.77. The van der Waals surface area contributed by atoms with Crippen molar-refractivity contribution in [3.63, 3.8) is 0 Å². The summed E-state index contributed by atoms with van der Waals surface area (Å²) in [6.07, 6.45) is 2.02. The second kappa shape index (κ2) is 9.08. The van der Waals surface area contributed by atoms with Gasteiger partial charge in [0.1, 0.15) is 12.3 Å². The molecule has 1 amide bonds. The molecule has 0 saturated carbocycles. The van der Waals surface area contributed by atoms with Crippen LogP contribution in [0.1, 0.15) is 30.9 Å². The summed E-state index contributed by atoms with van der Waals surface area (Å²) >= 11 is 0. The van der Waals surface area contributed by atoms with Crippen molar-refractivity contribution in [1.29, 1.82) is 0 Å². The molecule has 0 bridgehead atoms. The largest absolute Gasteiger partial charge is 0.495 e. The van der Waals surface area contributed by atoms with Crippen molar-refractivity contribution in [2.75, 3.05) is 31.0 Å². The van der Waals surface area contributed by atoms with Crippen LogP contribution < -0.4 is 9.04 Å². The van der Waals surface area contributed by atoms with Crippen molar-refractivity contribution < 1.29 is 17.9 Å². The van der Waals surface area contributed by atoms with Gasteiger partial charge in [-0.05, 0) is 62.4 Å². The van der Waals surface area contributed by atoms with E-state index in [2.05, 4.69) is 6.92 Å². The molecule has 1 aliphatic rings. The van der Waals surface area contributed by atoms with Gasteiger partial charge in [-0.15, -0.1) is 0 Å². The predicted molar refractivity (Wildman–Crippen MR) is 118 cm³/mol. The Hall–Kier alpha value is -2.54. The highest BCUT2D eigenvalue weighted by Crippen LogP contribution is 2.33. The van der Waals surface area contributed by atoms with E-state index >= 15 is 0 Å². The normalized spacial score (nSPS) is 16.9. The van der Waals surface area contributed by atoms with Gasteiger partial charge in [0, 0.05) is 13.1 Å². The quantitative estimate of drug-likeness (QED) is 0.700. The van der Waals surface area contributed by atoms with Crippen LogP contribution in [0, 0.1) is 19.8 Å². The SMILES string of the molecule is COc1ccc(C)cc1N(CC(=O)N1CCC[C@H](C)C1)S(=O)(=O)c1ccc(C)cc1. The number of carbonyl (C=O) groups excluding carboxylic acids is 1. The number of aryl methyl sites for hydroxylation is 2. The van der Waals surface area contributed by atoms with Crippen LogP contribution >= 0.6 is 0 Å². The molecular weight excluding hydrogens is 400 g/mol. The summed E-state index contributed by atoms with van der Waals surface area (Å²) in [6.45, 7) is 6.95. The number of benzene rings is 2. The third kappa shape index (κ3) is 4.78. The number of anilines is 1. The first-order valence-electron chi connectivity index (χ1n) is 10.2. The molecular formula is C23H30N2O4S. The molecule has 1 fully saturated rings. The average Bonchev–Trinajstić information content (AvgIpc) is 2.72. The molecule has 0 N–H and O–H groups in total. The van der Waals surface area contributed by atoms with Crippen LogP contribution in [-0.2, 0) is 14.8 Å². The fourth-order valence-electron chi connectivity index (χ4n) is 3.77. The lowest BCUT2D eigenvalue weighted by atomic mass is 10.0. The fraction of sp³-hybridized carbons (Fsp3) is 0.435. The van der Waals surface area contributed by atoms with E-state index in [1.54, 1.807) is 41.3 Å². The van der Waals surface area contributed by atoms with Gasteiger partial charge < -0.3 is 9.64 Å². The van der Waals surface area contributed by atoms with Gasteiger partial charge in [0.15, 0.2) is 0 Å². The number of carbonyl (C=O) groups is 1. The van der Waals surface area contributed by atoms with E-state index in [-0.39, 0.29) is 17.3 Å². The van der Waals surface area contributed by atoms with E-state index in [9.17, 15) is 13.2 Å². The molecule has 1 atom stereocenters. The van der Waals surface area contributed by atoms with Crippen molar-refractivity contribution in [2.45, 2.75) is 38.5 Å². The summed E-state index contributed by atoms with van der Waals surface area (Å²) in [4.78, 5) is 15.0. The zero-order valence-electron chi connectivity index (χ0n) is 18.1. The van der Waals surface area contributed by atoms with Gasteiger partial charge in [-0.25, -0.2) is 8.42 Å². The summed E-state index contributed by atoms with van der Waals surface area (Å²) in [5, 5.41) is 0. The molecule has 0 aromatic heterocycles. The number of hydrogen-bond donors (Lipinski definition) is 0. The molecule has 0 radical (unpaired) electrons. The van der Waals surface area contributed by atoms with E-state index in [0.29, 0.717) is 30.4 Å². The number of likely N-dealkylation sites (tertiary alicyclic amines) is 1. The monoisotopic (exact) mass is 430 g/mol. The van der Waals surface area contributed by atoms with E-state index in [0.717, 1.165) is 24.0 Å². The molecule has 0 unspecified atom stereocenters. The minimum absolute atomic E-state index is 0.150. The number of ether oxygens (including phenoxy) is 1. The molecule has 7 heteroatoms. The number of hydrogen-bond acceptors (Lipinski definition) is 4. The molecule has 1 saturated heterocycles. The Morgan fingerprint density at radius 2 is 1.80 bits per heavy atom. The molecule has 1 aliphatic heterocycles. The number of sulfonamides is 1. The van der Waals surface area contributed by atoms with Gasteiger partial charge >= 0.3 is 0 Å². The minimum Gasteiger partial charge on any atom is -0.495 e. The molecule has 0 spiro atoms. The van der Waals surface area contributed by atoms with E-state index in [1.165, 1.54) is 11.4 Å². The summed E-state index contributed by atoms with van der Waals surface area (Å²) in [5.74, 6) is 0.634. The number of rotatable bonds is 6. The second-order valence-corrected chi connectivity index (χ2v) is 9.95. The van der Waals surface area contributed by atoms with Gasteiger partial charge in [0.25, 0.3) is 10.0 Å². The lowest BCUT2D eigenvalue weighted by Crippen LogP contribution is -2.46. The van der Waals surface area contributed by atoms with Crippen molar-refractivity contribution in [2.24, 2.45) is 5.92 Å². The van der Waals surface area contributed by atoms with Crippen molar-refractivity contribution >= 4 is 21.6 Å². The highest BCUT2D eigenvalue weighted by atomic mass is 32.2. The first-order valence-corrected chi connectivity index (χ1v) is 11.7. The Bertz CT molecular complexity index is 1000. The Morgan fingerprint density at radius 1 is 1.13 bits per heavy atom. The van der Waals surface area contributed by atoms with Crippen molar-refractivity contribution in [3.8, 4) is 5.75 Å². The first kappa shape index (κ1) is 22.2. The Morgan fingerprint density at radius 3 is 2.43 bits per heavy atom. The Labute approximate surface area is 179 Å². The molecule has 30 heavy (non-hydrogen) atoms. The number of nitrogens with zero attached hydrogens (tertiary/aromatic N) is 2. The fourth-order valence-corrected chi connectivity index (χ4v) is 5.19. The molecule has 6 nitrogen and oxygen atoms in total. The molecule has 1 heterocycles. The zero-order chi connectivity index (χ0) is 21.9. The summed E-state index contributed by atoms with van der Waals surface area (Å²) < 4.78 is 33.8. The van der Waals surface area contributed by atoms with Crippen LogP contribution in [0.5, 0.6) is 5.75 Å². The maximum absolute atomic E-state index is 13.6. The van der Waals surface area contributed by atoms with Crippen molar-refractivity contribution in [3.05, 3.63) is 53.6 Å². The standard InChI is InChI=1S/C23H30N2O4S/c1-17-7-10-20(11-8-17)30(27,28)25(21-14-18(2)9-12-22(21)29-4)16-23(26)24-13-5-6-19(3)15-24/h7-12,14,19H,5-6,13,15-16H2,1-4H3/t19-/m0/s1. The van der Waals surface area contributed by atoms with Crippen LogP contribution in [0.4, 0.5) is 5.69 Å². The average molecular weight is 431 g/mol. The van der Waals surface area contributed by atoms with Crippen molar-refractivity contribution in [1.82, 2.24) is 4.90 Å². The maximum Gasteiger partial charge on any atom is 0.264 e. The minimum atomic E-state index is -3.96. The second-order valence-electron chi connectivity index (χ2n) is 8.09. The lowest BCUT2D eigenvalue weighted by molar-refractivity contribution is -0.131. The zero-order valence-corrected chi connectivity index (χ0v) is 18.9. The van der Waals surface area contributed by atoms with Gasteiger partial charge in [0.05, 0.1) is 17.7 Å². The van der Waals surface area contributed by atoms with Gasteiger partial charge in [-0.1, -0.05) is 30.7 Å². The third-order valence-electron chi connectivity index (χ3n) is 5.50. The van der Waals surface area contributed by atoms with Crippen LogP contribution in [0.15, 0.2) is 47.4 Å². The van der Waals surface area contributed by atoms with Crippen LogP contribution in [0.2, 0.25) is 0 Å². The van der Waals surface area contributed by atoms with Gasteiger partial charge in [-0.3, -0.25) is 9.10 Å². The molecule has 162 valence electrons. The van der Waals surface area contributed by atoms with Gasteiger partial charge in [-0.2, -0.15) is 0 Å². The van der Waals surface area contributed by atoms with E-state index in [1.807, 2.05) is 19.9 Å². The number of piperidine rings is 1. The topological polar surface area (TPSA) is 66.9 Å². The highest BCUT2D eigenvalue weighted by molar-refractivity contribution is 7.92. The molecule has 2 aromatic carbocycles. The maximum atomic E-state index is 13.6. The highest BCUT2D eigenvalue weighted by Gasteiger charge is 2.32. The molecule has 2 aromatic rings. The molecule has 0 aliphatic carbocycles. The Kier molecular flexibility index (Phi) is 6.71. The summed E-state index contributed by atoms with van der Waals surface area (Å²) in [6, 6.07) is 12.0. The third-order valence-corrected chi connectivity index (χ3v) is 7.27. The first-order chi connectivity index (χ1) is 14.2. The molecule has 3 rings (SSSR count). The summed E-state index contributed by atoms with van der Waals surface area (Å²) in [7, 11) is -2.46. The van der Waals surface area contributed by atoms with Crippen LogP contribution in [-0.4, -0.2) is 46.0 Å². The van der Waals surface area contributed by atoms with E-state index in [4.69, 9.17) is 4.74 Å². The number of methoxy groups -OCH3 is 1. The Balaban J connectivity index is 2.04. The van der Waals surface area contributed by atoms with Crippen LogP contribution in [0.3, 0.4) is 0 Å². The number of amides is 1.